The molecule has 2 aromatic rings. The third kappa shape index (κ3) is 2.05. The Morgan fingerprint density at radius 2 is 2.38 bits per heavy atom. The highest BCUT2D eigenvalue weighted by molar-refractivity contribution is 9.10. The second-order valence-corrected chi connectivity index (χ2v) is 4.34. The maximum absolute atomic E-state index is 11.4. The van der Waals surface area contributed by atoms with Gasteiger partial charge in [0.25, 0.3) is 0 Å². The zero-order valence-corrected chi connectivity index (χ0v) is 10.7. The van der Waals surface area contributed by atoms with Crippen molar-refractivity contribution in [2.75, 3.05) is 6.61 Å². The van der Waals surface area contributed by atoms with Crippen LogP contribution in [0.4, 0.5) is 0 Å². The maximum Gasteiger partial charge on any atom is 0.358 e. The number of aromatic nitrogens is 2. The molecule has 4 nitrogen and oxygen atoms in total. The Balaban J connectivity index is 2.48. The van der Waals surface area contributed by atoms with Gasteiger partial charge in [0.1, 0.15) is 5.65 Å². The molecule has 2 aromatic heterocycles. The number of carbonyl (C=O) groups excluding carboxylic acids is 1. The standard InChI is InChI=1S/C10H8BrClN2O2/c1-2-16-10(15)8-5-14-4-7(12)6(11)3-9(14)13-8/h3-5H,2H2,1H3. The quantitative estimate of drug-likeness (QED) is 0.801. The molecule has 0 saturated heterocycles. The predicted octanol–water partition coefficient (Wildman–Crippen LogP) is 2.93. The number of halogens is 2. The molecule has 0 unspecified atom stereocenters. The molecule has 0 amide bonds. The van der Waals surface area contributed by atoms with Gasteiger partial charge in [-0.15, -0.1) is 0 Å². The van der Waals surface area contributed by atoms with Crippen LogP contribution in [0.2, 0.25) is 5.02 Å². The van der Waals surface area contributed by atoms with Crippen LogP contribution in [0.15, 0.2) is 22.9 Å². The van der Waals surface area contributed by atoms with Gasteiger partial charge in [-0.3, -0.25) is 0 Å². The van der Waals surface area contributed by atoms with E-state index in [0.29, 0.717) is 17.3 Å². The van der Waals surface area contributed by atoms with Crippen LogP contribution in [0.5, 0.6) is 0 Å². The summed E-state index contributed by atoms with van der Waals surface area (Å²) in [5.41, 5.74) is 0.912. The summed E-state index contributed by atoms with van der Waals surface area (Å²) in [7, 11) is 0. The molecule has 6 heteroatoms. The van der Waals surface area contributed by atoms with Crippen molar-refractivity contribution in [1.29, 1.82) is 0 Å². The Morgan fingerprint density at radius 1 is 1.62 bits per heavy atom. The van der Waals surface area contributed by atoms with Crippen molar-refractivity contribution in [2.45, 2.75) is 6.92 Å². The van der Waals surface area contributed by atoms with E-state index in [0.717, 1.165) is 4.47 Å². The monoisotopic (exact) mass is 302 g/mol. The topological polar surface area (TPSA) is 43.6 Å². The number of esters is 1. The van der Waals surface area contributed by atoms with Gasteiger partial charge in [-0.25, -0.2) is 9.78 Å². The fraction of sp³-hybridized carbons (Fsp3) is 0.200. The molecule has 2 rings (SSSR count). The van der Waals surface area contributed by atoms with Crippen molar-refractivity contribution in [3.63, 3.8) is 0 Å². The number of rotatable bonds is 2. The van der Waals surface area contributed by atoms with Crippen LogP contribution < -0.4 is 0 Å². The van der Waals surface area contributed by atoms with E-state index in [4.69, 9.17) is 16.3 Å². The Morgan fingerprint density at radius 3 is 3.06 bits per heavy atom. The summed E-state index contributed by atoms with van der Waals surface area (Å²) in [5.74, 6) is -0.432. The minimum Gasteiger partial charge on any atom is -0.461 e. The molecule has 2 heterocycles. The number of imidazole rings is 1. The van der Waals surface area contributed by atoms with Crippen LogP contribution in [0.1, 0.15) is 17.4 Å². The van der Waals surface area contributed by atoms with Crippen LogP contribution in [0, 0.1) is 0 Å². The third-order valence-corrected chi connectivity index (χ3v) is 3.17. The molecule has 84 valence electrons. The number of pyridine rings is 1. The van der Waals surface area contributed by atoms with Gasteiger partial charge in [0.15, 0.2) is 5.69 Å². The number of ether oxygens (including phenoxy) is 1. The lowest BCUT2D eigenvalue weighted by molar-refractivity contribution is 0.0520. The lowest BCUT2D eigenvalue weighted by Gasteiger charge is -1.96. The molecule has 0 aliphatic carbocycles. The van der Waals surface area contributed by atoms with E-state index in [2.05, 4.69) is 20.9 Å². The molecule has 16 heavy (non-hydrogen) atoms. The summed E-state index contributed by atoms with van der Waals surface area (Å²) in [4.78, 5) is 15.6. The molecule has 0 aliphatic rings. The molecular formula is C10H8BrClN2O2. The first-order valence-corrected chi connectivity index (χ1v) is 5.79. The van der Waals surface area contributed by atoms with Gasteiger partial charge in [-0.2, -0.15) is 0 Å². The number of nitrogens with zero attached hydrogens (tertiary/aromatic N) is 2. The van der Waals surface area contributed by atoms with E-state index in [1.165, 1.54) is 0 Å². The molecule has 0 spiro atoms. The lowest BCUT2D eigenvalue weighted by atomic mass is 10.5. The minimum atomic E-state index is -0.432. The third-order valence-electron chi connectivity index (χ3n) is 1.98. The van der Waals surface area contributed by atoms with Crippen molar-refractivity contribution in [3.8, 4) is 0 Å². The second-order valence-electron chi connectivity index (χ2n) is 3.08. The summed E-state index contributed by atoms with van der Waals surface area (Å²) in [6.45, 7) is 2.08. The molecular weight excluding hydrogens is 295 g/mol. The fourth-order valence-electron chi connectivity index (χ4n) is 1.29. The average Bonchev–Trinajstić information content (AvgIpc) is 2.62. The first kappa shape index (κ1) is 11.4. The van der Waals surface area contributed by atoms with E-state index in [1.54, 1.807) is 29.8 Å². The summed E-state index contributed by atoms with van der Waals surface area (Å²) in [5, 5.41) is 0.556. The molecule has 0 aromatic carbocycles. The van der Waals surface area contributed by atoms with Gasteiger partial charge < -0.3 is 9.14 Å². The first-order valence-electron chi connectivity index (χ1n) is 4.62. The summed E-state index contributed by atoms with van der Waals surface area (Å²) >= 11 is 9.22. The lowest BCUT2D eigenvalue weighted by Crippen LogP contribution is -2.04. The van der Waals surface area contributed by atoms with E-state index in [1.807, 2.05) is 0 Å². The second kappa shape index (κ2) is 4.43. The summed E-state index contributed by atoms with van der Waals surface area (Å²) < 4.78 is 7.28. The molecule has 0 saturated carbocycles. The van der Waals surface area contributed by atoms with Crippen molar-refractivity contribution in [3.05, 3.63) is 33.6 Å². The first-order chi connectivity index (χ1) is 7.61. The zero-order chi connectivity index (χ0) is 11.7. The van der Waals surface area contributed by atoms with Crippen molar-refractivity contribution < 1.29 is 9.53 Å². The highest BCUT2D eigenvalue weighted by atomic mass is 79.9. The largest absolute Gasteiger partial charge is 0.461 e. The van der Waals surface area contributed by atoms with Crippen molar-refractivity contribution in [1.82, 2.24) is 9.38 Å². The van der Waals surface area contributed by atoms with Gasteiger partial charge in [0.2, 0.25) is 0 Å². The minimum absolute atomic E-state index is 0.274. The number of fused-ring (bicyclic) bond motifs is 1. The van der Waals surface area contributed by atoms with Crippen LogP contribution in [0.3, 0.4) is 0 Å². The van der Waals surface area contributed by atoms with Gasteiger partial charge in [0, 0.05) is 16.9 Å². The summed E-state index contributed by atoms with van der Waals surface area (Å²) in [6, 6.07) is 1.74. The van der Waals surface area contributed by atoms with Gasteiger partial charge in [0.05, 0.1) is 11.6 Å². The highest BCUT2D eigenvalue weighted by Gasteiger charge is 2.12. The molecule has 0 N–H and O–H groups in total. The molecule has 0 aliphatic heterocycles. The van der Waals surface area contributed by atoms with Crippen LogP contribution in [-0.2, 0) is 4.74 Å². The smallest absolute Gasteiger partial charge is 0.358 e. The fourth-order valence-corrected chi connectivity index (χ4v) is 1.75. The highest BCUT2D eigenvalue weighted by Crippen LogP contribution is 2.23. The van der Waals surface area contributed by atoms with Crippen LogP contribution >= 0.6 is 27.5 Å². The normalized spacial score (nSPS) is 10.7. The molecule has 0 fully saturated rings. The molecule has 0 atom stereocenters. The Hall–Kier alpha value is -1.07. The predicted molar refractivity (Wildman–Crippen MR) is 63.9 cm³/mol. The summed E-state index contributed by atoms with van der Waals surface area (Å²) in [6.07, 6.45) is 3.27. The van der Waals surface area contributed by atoms with E-state index in [9.17, 15) is 4.79 Å². The van der Waals surface area contributed by atoms with Crippen molar-refractivity contribution in [2.24, 2.45) is 0 Å². The van der Waals surface area contributed by atoms with E-state index < -0.39 is 5.97 Å². The Labute approximate surface area is 105 Å². The number of hydrogen-bond donors (Lipinski definition) is 0. The number of hydrogen-bond acceptors (Lipinski definition) is 3. The van der Waals surface area contributed by atoms with E-state index >= 15 is 0 Å². The van der Waals surface area contributed by atoms with Crippen LogP contribution in [-0.4, -0.2) is 22.0 Å². The Bertz CT molecular complexity index is 514. The average molecular weight is 304 g/mol. The molecule has 0 radical (unpaired) electrons. The van der Waals surface area contributed by atoms with Gasteiger partial charge in [-0.05, 0) is 28.9 Å². The zero-order valence-electron chi connectivity index (χ0n) is 8.41. The molecule has 0 bridgehead atoms. The van der Waals surface area contributed by atoms with Gasteiger partial charge in [-0.1, -0.05) is 11.6 Å². The number of carbonyl (C=O) groups is 1. The Kier molecular flexibility index (Phi) is 3.16. The van der Waals surface area contributed by atoms with Crippen LogP contribution in [0.25, 0.3) is 5.65 Å². The van der Waals surface area contributed by atoms with Gasteiger partial charge >= 0.3 is 5.97 Å². The van der Waals surface area contributed by atoms with Crippen molar-refractivity contribution >= 4 is 39.1 Å². The van der Waals surface area contributed by atoms with E-state index in [-0.39, 0.29) is 5.69 Å². The SMILES string of the molecule is CCOC(=O)c1cn2cc(Cl)c(Br)cc2n1. The maximum atomic E-state index is 11.4.